The first-order valence-electron chi connectivity index (χ1n) is 6.45. The van der Waals surface area contributed by atoms with E-state index in [0.717, 1.165) is 32.1 Å². The van der Waals surface area contributed by atoms with Gasteiger partial charge in [-0.2, -0.15) is 0 Å². The van der Waals surface area contributed by atoms with Crippen molar-refractivity contribution in [3.63, 3.8) is 0 Å². The molecule has 1 rings (SSSR count). The summed E-state index contributed by atoms with van der Waals surface area (Å²) in [5.41, 5.74) is 1.33. The Morgan fingerprint density at radius 2 is 1.94 bits per heavy atom. The van der Waals surface area contributed by atoms with Crippen molar-refractivity contribution in [1.29, 1.82) is 0 Å². The van der Waals surface area contributed by atoms with Gasteiger partial charge >= 0.3 is 0 Å². The van der Waals surface area contributed by atoms with Crippen LogP contribution in [-0.4, -0.2) is 19.6 Å². The van der Waals surface area contributed by atoms with Gasteiger partial charge in [0.2, 0.25) is 0 Å². The van der Waals surface area contributed by atoms with Crippen molar-refractivity contribution in [2.45, 2.75) is 26.8 Å². The summed E-state index contributed by atoms with van der Waals surface area (Å²) in [5.74, 6) is 0.736. The Bertz CT molecular complexity index is 356. The van der Waals surface area contributed by atoms with Crippen molar-refractivity contribution in [1.82, 2.24) is 10.6 Å². The molecule has 0 amide bonds. The van der Waals surface area contributed by atoms with Gasteiger partial charge in [0.05, 0.1) is 0 Å². The van der Waals surface area contributed by atoms with Crippen LogP contribution in [0.5, 0.6) is 0 Å². The molecule has 1 aromatic carbocycles. The molecule has 0 bridgehead atoms. The van der Waals surface area contributed by atoms with Gasteiger partial charge < -0.3 is 10.6 Å². The lowest BCUT2D eigenvalue weighted by atomic mass is 10.2. The zero-order chi connectivity index (χ0) is 13.4. The van der Waals surface area contributed by atoms with E-state index in [0.29, 0.717) is 0 Å². The molecule has 0 fully saturated rings. The Morgan fingerprint density at radius 1 is 1.22 bits per heavy atom. The molecule has 1 aromatic rings. The maximum Gasteiger partial charge on any atom is 0.0220 e. The van der Waals surface area contributed by atoms with Gasteiger partial charge in [0.15, 0.2) is 0 Å². The normalized spacial score (nSPS) is 11.2. The lowest BCUT2D eigenvalue weighted by Gasteiger charge is -2.09. The van der Waals surface area contributed by atoms with E-state index in [9.17, 15) is 0 Å². The minimum absolute atomic E-state index is 0.736. The maximum absolute atomic E-state index is 3.58. The summed E-state index contributed by atoms with van der Waals surface area (Å²) >= 11 is 5.93. The fourth-order valence-electron chi connectivity index (χ4n) is 1.63. The summed E-state index contributed by atoms with van der Waals surface area (Å²) in [6.07, 6.45) is 1.17. The Hall–Kier alpha value is 0.350. The van der Waals surface area contributed by atoms with Crippen LogP contribution in [0, 0.1) is 9.49 Å². The summed E-state index contributed by atoms with van der Waals surface area (Å²) in [5, 5.41) is 6.94. The average Bonchev–Trinajstić information content (AvgIpc) is 2.32. The zero-order valence-corrected chi connectivity index (χ0v) is 14.8. The molecule has 0 aromatic heterocycles. The lowest BCUT2D eigenvalue weighted by molar-refractivity contribution is 0.530. The number of benzene rings is 1. The number of halogens is 2. The van der Waals surface area contributed by atoms with Crippen LogP contribution in [0.2, 0.25) is 0 Å². The summed E-state index contributed by atoms with van der Waals surface area (Å²) < 4.78 is 2.47. The van der Waals surface area contributed by atoms with Crippen molar-refractivity contribution >= 4 is 38.5 Å². The highest BCUT2D eigenvalue weighted by atomic mass is 127. The van der Waals surface area contributed by atoms with Crippen molar-refractivity contribution < 1.29 is 0 Å². The van der Waals surface area contributed by atoms with Crippen molar-refractivity contribution in [2.24, 2.45) is 5.92 Å². The summed E-state index contributed by atoms with van der Waals surface area (Å²) in [6, 6.07) is 6.45. The molecule has 0 unspecified atom stereocenters. The summed E-state index contributed by atoms with van der Waals surface area (Å²) in [7, 11) is 0. The van der Waals surface area contributed by atoms with E-state index < -0.39 is 0 Å². The van der Waals surface area contributed by atoms with E-state index in [-0.39, 0.29) is 0 Å². The van der Waals surface area contributed by atoms with Crippen LogP contribution in [0.1, 0.15) is 25.8 Å². The van der Waals surface area contributed by atoms with E-state index >= 15 is 0 Å². The van der Waals surface area contributed by atoms with Crippen molar-refractivity contribution in [3.05, 3.63) is 31.8 Å². The number of hydrogen-bond donors (Lipinski definition) is 2. The van der Waals surface area contributed by atoms with Crippen LogP contribution in [0.15, 0.2) is 22.7 Å². The van der Waals surface area contributed by atoms with Crippen LogP contribution in [0.25, 0.3) is 0 Å². The molecule has 2 nitrogen and oxygen atoms in total. The van der Waals surface area contributed by atoms with Gasteiger partial charge in [0, 0.05) is 14.6 Å². The molecule has 18 heavy (non-hydrogen) atoms. The second kappa shape index (κ2) is 9.28. The second-order valence-corrected chi connectivity index (χ2v) is 6.96. The SMILES string of the molecule is CC(C)CNCCCNCc1cc(I)ccc1Br. The standard InChI is InChI=1S/C14H22BrIN2/c1-11(2)9-17-6-3-7-18-10-12-8-13(16)4-5-14(12)15/h4-5,8,11,17-18H,3,6-7,9-10H2,1-2H3. The minimum Gasteiger partial charge on any atom is -0.316 e. The average molecular weight is 425 g/mol. The molecule has 102 valence electrons. The van der Waals surface area contributed by atoms with Crippen LogP contribution in [-0.2, 0) is 6.54 Å². The van der Waals surface area contributed by atoms with Crippen molar-refractivity contribution in [2.75, 3.05) is 19.6 Å². The number of hydrogen-bond acceptors (Lipinski definition) is 2. The first-order chi connectivity index (χ1) is 8.59. The fourth-order valence-corrected chi connectivity index (χ4v) is 2.57. The lowest BCUT2D eigenvalue weighted by Crippen LogP contribution is -2.24. The largest absolute Gasteiger partial charge is 0.316 e. The number of nitrogens with one attached hydrogen (secondary N) is 2. The van der Waals surface area contributed by atoms with E-state index in [1.165, 1.54) is 20.0 Å². The highest BCUT2D eigenvalue weighted by Gasteiger charge is 2.00. The van der Waals surface area contributed by atoms with Gasteiger partial charge in [-0.1, -0.05) is 29.8 Å². The zero-order valence-electron chi connectivity index (χ0n) is 11.1. The van der Waals surface area contributed by atoms with Crippen LogP contribution in [0.3, 0.4) is 0 Å². The Balaban J connectivity index is 2.12. The van der Waals surface area contributed by atoms with E-state index in [4.69, 9.17) is 0 Å². The van der Waals surface area contributed by atoms with Gasteiger partial charge in [0.1, 0.15) is 0 Å². The molecular formula is C14H22BrIN2. The molecule has 0 radical (unpaired) electrons. The molecule has 0 aliphatic rings. The van der Waals surface area contributed by atoms with Gasteiger partial charge in [-0.3, -0.25) is 0 Å². The third kappa shape index (κ3) is 7.07. The molecule has 0 saturated heterocycles. The predicted octanol–water partition coefficient (Wildman–Crippen LogP) is 3.78. The van der Waals surface area contributed by atoms with Crippen molar-refractivity contribution in [3.8, 4) is 0 Å². The third-order valence-electron chi connectivity index (χ3n) is 2.58. The Labute approximate surface area is 133 Å². The molecule has 0 heterocycles. The van der Waals surface area contributed by atoms with Crippen LogP contribution < -0.4 is 10.6 Å². The minimum atomic E-state index is 0.736. The molecule has 0 atom stereocenters. The van der Waals surface area contributed by atoms with Gasteiger partial charge in [-0.05, 0) is 78.3 Å². The predicted molar refractivity (Wildman–Crippen MR) is 90.9 cm³/mol. The van der Waals surface area contributed by atoms with Gasteiger partial charge in [0.25, 0.3) is 0 Å². The van der Waals surface area contributed by atoms with Crippen LogP contribution >= 0.6 is 38.5 Å². The van der Waals surface area contributed by atoms with Gasteiger partial charge in [-0.25, -0.2) is 0 Å². The molecule has 0 spiro atoms. The van der Waals surface area contributed by atoms with E-state index in [1.807, 2.05) is 0 Å². The first kappa shape index (κ1) is 16.4. The van der Waals surface area contributed by atoms with E-state index in [1.54, 1.807) is 0 Å². The van der Waals surface area contributed by atoms with Crippen LogP contribution in [0.4, 0.5) is 0 Å². The highest BCUT2D eigenvalue weighted by molar-refractivity contribution is 14.1. The third-order valence-corrected chi connectivity index (χ3v) is 4.03. The molecule has 0 aliphatic heterocycles. The summed E-state index contributed by atoms with van der Waals surface area (Å²) in [6.45, 7) is 8.67. The molecule has 2 N–H and O–H groups in total. The number of rotatable bonds is 8. The Kier molecular flexibility index (Phi) is 8.46. The highest BCUT2D eigenvalue weighted by Crippen LogP contribution is 2.19. The molecule has 0 aliphatic carbocycles. The molecular weight excluding hydrogens is 403 g/mol. The maximum atomic E-state index is 3.58. The summed E-state index contributed by atoms with van der Waals surface area (Å²) in [4.78, 5) is 0. The topological polar surface area (TPSA) is 24.1 Å². The monoisotopic (exact) mass is 424 g/mol. The fraction of sp³-hybridized carbons (Fsp3) is 0.571. The first-order valence-corrected chi connectivity index (χ1v) is 8.32. The van der Waals surface area contributed by atoms with E-state index in [2.05, 4.69) is 81.2 Å². The molecule has 4 heteroatoms. The molecule has 0 saturated carbocycles. The second-order valence-electron chi connectivity index (χ2n) is 4.86. The quantitative estimate of drug-likeness (QED) is 0.490. The van der Waals surface area contributed by atoms with Gasteiger partial charge in [-0.15, -0.1) is 0 Å². The smallest absolute Gasteiger partial charge is 0.0220 e. The Morgan fingerprint density at radius 3 is 2.67 bits per heavy atom.